The molecule has 0 aliphatic carbocycles. The first-order chi connectivity index (χ1) is 16.8. The average Bonchev–Trinajstić information content (AvgIpc) is 3.24. The van der Waals surface area contributed by atoms with Gasteiger partial charge in [-0.2, -0.15) is 5.10 Å². The molecule has 35 heavy (non-hydrogen) atoms. The molecule has 188 valence electrons. The van der Waals surface area contributed by atoms with Crippen molar-refractivity contribution in [3.63, 3.8) is 0 Å². The number of rotatable bonds is 8. The predicted molar refractivity (Wildman–Crippen MR) is 147 cm³/mol. The molecule has 5 nitrogen and oxygen atoms in total. The Balaban J connectivity index is 0.000000779. The molecule has 1 atom stereocenters. The van der Waals surface area contributed by atoms with E-state index in [1.807, 2.05) is 76.4 Å². The Bertz CT molecular complexity index is 1120. The predicted octanol–water partition coefficient (Wildman–Crippen LogP) is 7.91. The van der Waals surface area contributed by atoms with Crippen molar-refractivity contribution < 1.29 is 14.6 Å². The molecule has 0 spiro atoms. The summed E-state index contributed by atoms with van der Waals surface area (Å²) in [6.07, 6.45) is 5.69. The summed E-state index contributed by atoms with van der Waals surface area (Å²) in [4.78, 5) is 11.9. The van der Waals surface area contributed by atoms with Crippen LogP contribution >= 0.6 is 23.2 Å². The number of aromatic nitrogens is 2. The Morgan fingerprint density at radius 1 is 1.17 bits per heavy atom. The first-order valence-corrected chi connectivity index (χ1v) is 12.1. The van der Waals surface area contributed by atoms with Crippen LogP contribution in [0.2, 0.25) is 10.0 Å². The van der Waals surface area contributed by atoms with Crippen molar-refractivity contribution in [2.45, 2.75) is 40.0 Å². The van der Waals surface area contributed by atoms with Gasteiger partial charge < -0.3 is 9.84 Å². The molecule has 3 rings (SSSR count). The van der Waals surface area contributed by atoms with Crippen LogP contribution in [-0.4, -0.2) is 34.6 Å². The summed E-state index contributed by atoms with van der Waals surface area (Å²) >= 11 is 12.2. The van der Waals surface area contributed by atoms with Gasteiger partial charge >= 0.3 is 5.97 Å². The number of carboxylic acids is 1. The van der Waals surface area contributed by atoms with Crippen molar-refractivity contribution in [1.29, 1.82) is 0 Å². The molecule has 3 aromatic rings. The van der Waals surface area contributed by atoms with Gasteiger partial charge in [0.25, 0.3) is 0 Å². The molecule has 1 aromatic heterocycles. The number of benzene rings is 2. The lowest BCUT2D eigenvalue weighted by Gasteiger charge is -2.12. The number of nitrogens with zero attached hydrogens (tertiary/aromatic N) is 2. The monoisotopic (exact) mass is 516 g/mol. The lowest BCUT2D eigenvalue weighted by Crippen LogP contribution is -2.15. The summed E-state index contributed by atoms with van der Waals surface area (Å²) in [5, 5.41) is 15.3. The SMILES string of the molecule is C/C=C/n1nc(CC(C(=O)O)c2cccc(C)c2)cc1-c1ccc(Cl)c(Cl)c1.C=CCOC.CC. The normalized spacial score (nSPS) is 11.2. The second kappa shape index (κ2) is 15.9. The van der Waals surface area contributed by atoms with E-state index in [1.54, 1.807) is 30.0 Å². The minimum atomic E-state index is -0.873. The first-order valence-electron chi connectivity index (χ1n) is 11.4. The summed E-state index contributed by atoms with van der Waals surface area (Å²) in [5.41, 5.74) is 4.16. The quantitative estimate of drug-likeness (QED) is 0.309. The van der Waals surface area contributed by atoms with Crippen molar-refractivity contribution in [3.05, 3.63) is 94.1 Å². The molecule has 1 N–H and O–H groups in total. The fraction of sp³-hybridized carbons (Fsp3) is 0.286. The molecule has 0 amide bonds. The van der Waals surface area contributed by atoms with Crippen molar-refractivity contribution in [1.82, 2.24) is 9.78 Å². The van der Waals surface area contributed by atoms with Crippen molar-refractivity contribution in [2.24, 2.45) is 0 Å². The van der Waals surface area contributed by atoms with Gasteiger partial charge in [-0.05, 0) is 37.6 Å². The molecule has 0 bridgehead atoms. The Labute approximate surface area is 218 Å². The number of hydrogen-bond donors (Lipinski definition) is 1. The van der Waals surface area contributed by atoms with Crippen LogP contribution in [0.1, 0.15) is 43.5 Å². The Hall–Kier alpha value is -2.86. The molecule has 1 heterocycles. The van der Waals surface area contributed by atoms with E-state index in [2.05, 4.69) is 16.4 Å². The van der Waals surface area contributed by atoms with Crippen LogP contribution in [-0.2, 0) is 16.0 Å². The number of aryl methyl sites for hydroxylation is 1. The molecule has 0 saturated heterocycles. The molecule has 1 unspecified atom stereocenters. The lowest BCUT2D eigenvalue weighted by molar-refractivity contribution is -0.138. The van der Waals surface area contributed by atoms with E-state index in [9.17, 15) is 9.90 Å². The minimum absolute atomic E-state index is 0.289. The summed E-state index contributed by atoms with van der Waals surface area (Å²) in [6, 6.07) is 14.8. The molecule has 0 aliphatic rings. The molecule has 0 aliphatic heterocycles. The van der Waals surface area contributed by atoms with E-state index < -0.39 is 11.9 Å². The minimum Gasteiger partial charge on any atom is -0.481 e. The van der Waals surface area contributed by atoms with Crippen LogP contribution in [0.25, 0.3) is 17.5 Å². The molecule has 0 fully saturated rings. The summed E-state index contributed by atoms with van der Waals surface area (Å²) in [7, 11) is 1.64. The van der Waals surface area contributed by atoms with Gasteiger partial charge in [0.2, 0.25) is 0 Å². The zero-order chi connectivity index (χ0) is 26.4. The van der Waals surface area contributed by atoms with Crippen molar-refractivity contribution in [2.75, 3.05) is 13.7 Å². The zero-order valence-corrected chi connectivity index (χ0v) is 22.5. The molecule has 7 heteroatoms. The van der Waals surface area contributed by atoms with Crippen molar-refractivity contribution >= 4 is 35.4 Å². The van der Waals surface area contributed by atoms with Crippen LogP contribution in [0, 0.1) is 6.92 Å². The van der Waals surface area contributed by atoms with E-state index in [4.69, 9.17) is 23.2 Å². The number of carboxylic acid groups (broad SMARTS) is 1. The Kier molecular flexibility index (Phi) is 13.7. The number of ether oxygens (including phenoxy) is 1. The molecular weight excluding hydrogens is 483 g/mol. The second-order valence-electron chi connectivity index (χ2n) is 7.33. The Morgan fingerprint density at radius 3 is 2.40 bits per heavy atom. The van der Waals surface area contributed by atoms with Gasteiger partial charge in [-0.15, -0.1) is 6.58 Å². The fourth-order valence-corrected chi connectivity index (χ4v) is 3.53. The molecule has 0 saturated carbocycles. The van der Waals surface area contributed by atoms with Gasteiger partial charge in [0.05, 0.1) is 34.0 Å². The standard InChI is InChI=1S/C22H20Cl2N2O2.C4H8O.C2H6/c1-3-9-26-21(16-7-8-19(23)20(24)11-16)13-17(25-26)12-18(22(27)28)15-6-4-5-14(2)10-15;1-3-4-5-2;1-2/h3-11,13,18H,12H2,1-2H3,(H,27,28);3H,1,4H2,2H3;1-2H3/b9-3+;;. The summed E-state index contributed by atoms with van der Waals surface area (Å²) < 4.78 is 6.30. The fourth-order valence-electron chi connectivity index (χ4n) is 3.23. The van der Waals surface area contributed by atoms with Gasteiger partial charge in [-0.3, -0.25) is 4.79 Å². The number of hydrogen-bond acceptors (Lipinski definition) is 3. The van der Waals surface area contributed by atoms with Crippen LogP contribution in [0.3, 0.4) is 0 Å². The van der Waals surface area contributed by atoms with Crippen molar-refractivity contribution in [3.8, 4) is 11.3 Å². The number of methoxy groups -OCH3 is 1. The average molecular weight is 517 g/mol. The third-order valence-corrected chi connectivity index (χ3v) is 5.47. The maximum Gasteiger partial charge on any atom is 0.311 e. The van der Waals surface area contributed by atoms with Gasteiger partial charge in [-0.25, -0.2) is 4.68 Å². The van der Waals surface area contributed by atoms with Crippen LogP contribution < -0.4 is 0 Å². The van der Waals surface area contributed by atoms with Gasteiger partial charge in [0.15, 0.2) is 0 Å². The van der Waals surface area contributed by atoms with E-state index in [0.29, 0.717) is 22.3 Å². The maximum absolute atomic E-state index is 11.9. The van der Waals surface area contributed by atoms with Crippen LogP contribution in [0.4, 0.5) is 0 Å². The van der Waals surface area contributed by atoms with Crippen LogP contribution in [0.5, 0.6) is 0 Å². The lowest BCUT2D eigenvalue weighted by atomic mass is 9.93. The summed E-state index contributed by atoms with van der Waals surface area (Å²) in [6.45, 7) is 11.9. The molecular formula is C28H34Cl2N2O3. The van der Waals surface area contributed by atoms with Gasteiger partial charge in [0, 0.05) is 25.3 Å². The first kappa shape index (κ1) is 30.2. The number of carbonyl (C=O) groups is 1. The number of allylic oxidation sites excluding steroid dienone is 1. The molecule has 2 aromatic carbocycles. The number of halogens is 2. The van der Waals surface area contributed by atoms with Gasteiger partial charge in [0.1, 0.15) is 0 Å². The van der Waals surface area contributed by atoms with E-state index in [-0.39, 0.29) is 6.42 Å². The second-order valence-corrected chi connectivity index (χ2v) is 8.14. The van der Waals surface area contributed by atoms with Gasteiger partial charge in [-0.1, -0.05) is 85.1 Å². The maximum atomic E-state index is 11.9. The number of aliphatic carboxylic acids is 1. The van der Waals surface area contributed by atoms with E-state index in [0.717, 1.165) is 22.4 Å². The highest BCUT2D eigenvalue weighted by Crippen LogP contribution is 2.30. The zero-order valence-electron chi connectivity index (χ0n) is 21.0. The third kappa shape index (κ3) is 9.36. The third-order valence-electron chi connectivity index (χ3n) is 4.73. The van der Waals surface area contributed by atoms with E-state index in [1.165, 1.54) is 0 Å². The summed E-state index contributed by atoms with van der Waals surface area (Å²) in [5.74, 6) is -1.54. The highest BCUT2D eigenvalue weighted by Gasteiger charge is 2.23. The topological polar surface area (TPSA) is 64.4 Å². The molecule has 0 radical (unpaired) electrons. The Morgan fingerprint density at radius 2 is 1.89 bits per heavy atom. The van der Waals surface area contributed by atoms with E-state index >= 15 is 0 Å². The highest BCUT2D eigenvalue weighted by molar-refractivity contribution is 6.42. The van der Waals surface area contributed by atoms with Crippen LogP contribution in [0.15, 0.2) is 67.3 Å². The highest BCUT2D eigenvalue weighted by atomic mass is 35.5. The largest absolute Gasteiger partial charge is 0.481 e. The smallest absolute Gasteiger partial charge is 0.311 e.